The molecule has 1 saturated heterocycles. The third-order valence-corrected chi connectivity index (χ3v) is 13.3. The molecule has 1 unspecified atom stereocenters. The summed E-state index contributed by atoms with van der Waals surface area (Å²) in [6.07, 6.45) is -8.93. The molecule has 1 aliphatic rings. The van der Waals surface area contributed by atoms with Crippen molar-refractivity contribution in [1.82, 2.24) is 30.7 Å². The molecule has 0 bridgehead atoms. The maximum Gasteiger partial charge on any atom is 0.333 e. The molecule has 1 heterocycles. The molecular formula is C50H76N6O18P-. The van der Waals surface area contributed by atoms with Gasteiger partial charge in [0.05, 0.1) is 18.1 Å². The first-order valence-corrected chi connectivity index (χ1v) is 26.0. The van der Waals surface area contributed by atoms with Gasteiger partial charge in [-0.25, -0.2) is 9.59 Å². The van der Waals surface area contributed by atoms with Gasteiger partial charge in [-0.15, -0.1) is 0 Å². The molecule has 1 fully saturated rings. The Kier molecular flexibility index (Phi) is 24.9. The molecule has 420 valence electrons. The molecule has 25 heteroatoms. The number of carbonyl (C=O) groups is 10. The van der Waals surface area contributed by atoms with Crippen molar-refractivity contribution in [2.75, 3.05) is 28.3 Å². The Hall–Kier alpha value is -6.07. The lowest BCUT2D eigenvalue weighted by Crippen LogP contribution is -2.63. The van der Waals surface area contributed by atoms with Crippen LogP contribution >= 0.6 is 7.82 Å². The predicted octanol–water partition coefficient (Wildman–Crippen LogP) is 0.953. The van der Waals surface area contributed by atoms with Crippen LogP contribution in [0.2, 0.25) is 0 Å². The second-order valence-corrected chi connectivity index (χ2v) is 20.7. The van der Waals surface area contributed by atoms with E-state index in [-0.39, 0.29) is 12.8 Å². The smallest absolute Gasteiger partial charge is 0.333 e. The van der Waals surface area contributed by atoms with Gasteiger partial charge in [-0.1, -0.05) is 85.4 Å². The zero-order valence-corrected chi connectivity index (χ0v) is 46.4. The maximum absolute atomic E-state index is 15.2. The molecule has 24 nitrogen and oxygen atoms in total. The summed E-state index contributed by atoms with van der Waals surface area (Å²) < 4.78 is 40.4. The van der Waals surface area contributed by atoms with Gasteiger partial charge in [-0.05, 0) is 44.1 Å². The zero-order valence-electron chi connectivity index (χ0n) is 45.5. The van der Waals surface area contributed by atoms with E-state index in [9.17, 15) is 57.5 Å². The Balaban J connectivity index is 3.02. The van der Waals surface area contributed by atoms with Gasteiger partial charge >= 0.3 is 17.9 Å². The summed E-state index contributed by atoms with van der Waals surface area (Å²) in [5.74, 6) is -14.4. The summed E-state index contributed by atoms with van der Waals surface area (Å²) in [5, 5.41) is 7.42. The second-order valence-electron chi connectivity index (χ2n) is 19.6. The summed E-state index contributed by atoms with van der Waals surface area (Å²) in [5.41, 5.74) is 0.00663. The maximum atomic E-state index is 15.2. The number of nitrogens with one attached hydrogen (secondary N) is 3. The SMILES string of the molecule is C=C1C(=O)N[C@@H](C)C(=O)N(C)[C@@H](C)C(=O)N[C@@H]([C@H](OC(=O)[C@@H](CC(=O)CC)[C@H](OP(=O)([O-])O)C(C)C)C(C)C)C(=O)N(C)[C@@H]([C@@H](C)OC)C(=O)O[C@H](C(C)C)[C@H](NC(C)=O)C(=O)O[C@H](Cc2ccccc2)C(=O)N1C. The quantitative estimate of drug-likeness (QED) is 0.0730. The minimum Gasteiger partial charge on any atom is -0.756 e. The van der Waals surface area contributed by atoms with Gasteiger partial charge in [0.25, 0.3) is 19.6 Å². The number of phosphoric ester groups is 1. The molecule has 4 N–H and O–H groups in total. The third-order valence-electron chi connectivity index (χ3n) is 12.7. The highest BCUT2D eigenvalue weighted by Gasteiger charge is 2.47. The molecule has 0 saturated carbocycles. The minimum absolute atomic E-state index is 0.107. The molecule has 0 radical (unpaired) electrons. The first-order valence-electron chi connectivity index (χ1n) is 24.5. The van der Waals surface area contributed by atoms with E-state index in [1.54, 1.807) is 44.2 Å². The van der Waals surface area contributed by atoms with Crippen LogP contribution in [0.5, 0.6) is 0 Å². The summed E-state index contributed by atoms with van der Waals surface area (Å²) in [7, 11) is -0.809. The highest BCUT2D eigenvalue weighted by atomic mass is 31.2. The van der Waals surface area contributed by atoms with Crippen LogP contribution in [0.3, 0.4) is 0 Å². The molecule has 0 aromatic heterocycles. The lowest BCUT2D eigenvalue weighted by molar-refractivity contribution is -0.228. The molecule has 0 aliphatic carbocycles. The summed E-state index contributed by atoms with van der Waals surface area (Å²) in [4.78, 5) is 165. The number of ketones is 1. The van der Waals surface area contributed by atoms with Crippen LogP contribution in [0.1, 0.15) is 94.6 Å². The Labute approximate surface area is 438 Å². The number of ether oxygens (including phenoxy) is 4. The van der Waals surface area contributed by atoms with E-state index in [1.165, 1.54) is 76.6 Å². The number of methoxy groups -OCH3 is 1. The first-order chi connectivity index (χ1) is 34.7. The topological polar surface area (TPSA) is 323 Å². The highest BCUT2D eigenvalue weighted by Crippen LogP contribution is 2.39. The van der Waals surface area contributed by atoms with Crippen molar-refractivity contribution < 1.29 is 85.8 Å². The van der Waals surface area contributed by atoms with Gasteiger partial charge in [-0.3, -0.25) is 42.9 Å². The Morgan fingerprint density at radius 2 is 1.45 bits per heavy atom. The third kappa shape index (κ3) is 18.3. The van der Waals surface area contributed by atoms with Crippen LogP contribution in [-0.4, -0.2) is 168 Å². The molecule has 2 rings (SSSR count). The Bertz CT molecular complexity index is 2290. The molecular weight excluding hydrogens is 1000 g/mol. The van der Waals surface area contributed by atoms with Gasteiger partial charge in [0.15, 0.2) is 18.2 Å². The van der Waals surface area contributed by atoms with Crippen LogP contribution in [0.4, 0.5) is 0 Å². The van der Waals surface area contributed by atoms with Crippen LogP contribution in [0.15, 0.2) is 42.6 Å². The number of nitrogens with zero attached hydrogens (tertiary/aromatic N) is 3. The number of benzene rings is 1. The molecule has 1 aromatic rings. The summed E-state index contributed by atoms with van der Waals surface area (Å²) in [6.45, 7) is 19.2. The lowest BCUT2D eigenvalue weighted by atomic mass is 9.88. The van der Waals surface area contributed by atoms with Crippen LogP contribution in [0, 0.1) is 23.7 Å². The number of carbonyl (C=O) groups excluding carboxylic acids is 10. The van der Waals surface area contributed by atoms with E-state index in [2.05, 4.69) is 22.5 Å². The van der Waals surface area contributed by atoms with Gasteiger partial charge in [-0.2, -0.15) is 0 Å². The number of hydrogen-bond donors (Lipinski definition) is 4. The number of rotatable bonds is 17. The van der Waals surface area contributed by atoms with Crippen molar-refractivity contribution in [3.05, 3.63) is 48.2 Å². The van der Waals surface area contributed by atoms with E-state index >= 15 is 4.79 Å². The largest absolute Gasteiger partial charge is 0.756 e. The van der Waals surface area contributed by atoms with Crippen LogP contribution in [-0.2, 0) is 82.4 Å². The average Bonchev–Trinajstić information content (AvgIpc) is 3.33. The van der Waals surface area contributed by atoms with Crippen molar-refractivity contribution in [3.8, 4) is 0 Å². The number of esters is 3. The fourth-order valence-electron chi connectivity index (χ4n) is 8.08. The average molecular weight is 1080 g/mol. The highest BCUT2D eigenvalue weighted by molar-refractivity contribution is 7.44. The molecule has 75 heavy (non-hydrogen) atoms. The van der Waals surface area contributed by atoms with E-state index < -0.39 is 163 Å². The fourth-order valence-corrected chi connectivity index (χ4v) is 8.78. The zero-order chi connectivity index (χ0) is 57.6. The summed E-state index contributed by atoms with van der Waals surface area (Å²) >= 11 is 0. The number of likely N-dealkylation sites (N-methyl/N-ethyl adjacent to an activating group) is 3. The van der Waals surface area contributed by atoms with Gasteiger partial charge in [0.2, 0.25) is 23.6 Å². The molecule has 12 atom stereocenters. The van der Waals surface area contributed by atoms with Crippen molar-refractivity contribution >= 4 is 67.0 Å². The number of hydrogen-bond acceptors (Lipinski definition) is 17. The predicted molar refractivity (Wildman–Crippen MR) is 267 cm³/mol. The van der Waals surface area contributed by atoms with E-state index in [1.807, 2.05) is 0 Å². The second kappa shape index (κ2) is 28.7. The lowest BCUT2D eigenvalue weighted by Gasteiger charge is -2.39. The Morgan fingerprint density at radius 1 is 0.867 bits per heavy atom. The normalized spacial score (nSPS) is 25.0. The van der Waals surface area contributed by atoms with Crippen molar-refractivity contribution in [1.29, 1.82) is 0 Å². The molecule has 0 spiro atoms. The summed E-state index contributed by atoms with van der Waals surface area (Å²) in [6, 6.07) is -0.103. The molecule has 1 aromatic carbocycles. The Morgan fingerprint density at radius 3 is 1.95 bits per heavy atom. The van der Waals surface area contributed by atoms with Crippen molar-refractivity contribution in [2.45, 2.75) is 156 Å². The van der Waals surface area contributed by atoms with Gasteiger partial charge < -0.3 is 63.9 Å². The van der Waals surface area contributed by atoms with E-state index in [4.69, 9.17) is 23.5 Å². The molecule has 6 amide bonds. The van der Waals surface area contributed by atoms with Crippen LogP contribution in [0.25, 0.3) is 0 Å². The van der Waals surface area contributed by atoms with E-state index in [0.29, 0.717) is 5.56 Å². The van der Waals surface area contributed by atoms with Gasteiger partial charge in [0.1, 0.15) is 41.8 Å². The van der Waals surface area contributed by atoms with Crippen molar-refractivity contribution in [2.24, 2.45) is 23.7 Å². The minimum atomic E-state index is -5.55. The fraction of sp³-hybridized carbons (Fsp3) is 0.640. The monoisotopic (exact) mass is 1080 g/mol. The van der Waals surface area contributed by atoms with E-state index in [0.717, 1.165) is 28.7 Å². The number of phosphoric acid groups is 1. The number of Topliss-reactive ketones (excluding diaryl/α,β-unsaturated/α-hetero) is 1. The first kappa shape index (κ1) is 65.0. The van der Waals surface area contributed by atoms with Crippen molar-refractivity contribution in [3.63, 3.8) is 0 Å². The number of amides is 6. The standard InChI is InChI=1S/C50H77N6O18P/c1-17-34(58)24-35(40(25(2)3)74-75(67,68)69)48(64)72-41(26(4)5)37-47(63)56(15)39(31(11)70-16)50(66)73-42(27(6)7)38(52-32(12)57)49(65)71-36(23-33-21-19-18-20-22-33)46(62)55(14)29(9)43(59)51-28(8)45(61)54(13)30(10)44(60)53-37/h18-22,25-28,30-31,35-42H,9,17,23-24H2,1-8,10-16H3,(H,51,59)(H,52,57)(H,53,60)(H2,67,68,69)/p-1/t28-,30-,31+,35-,36+,37-,38-,39-,40+,41+,42+/m0/s1. The van der Waals surface area contributed by atoms with Gasteiger partial charge in [0, 0.05) is 54.4 Å². The molecule has 1 aliphatic heterocycles. The van der Waals surface area contributed by atoms with Crippen LogP contribution < -0.4 is 20.8 Å². The number of cyclic esters (lactones) is 2.